The minimum Gasteiger partial charge on any atom is -0.311 e. The molecule has 1 N–H and O–H groups in total. The zero-order valence-corrected chi connectivity index (χ0v) is 11.7. The number of anilines is 1. The molecule has 1 saturated carbocycles. The van der Waals surface area contributed by atoms with E-state index in [0.29, 0.717) is 12.0 Å². The molecule has 0 radical (unpaired) electrons. The number of nitrogens with one attached hydrogen (secondary N) is 1. The van der Waals surface area contributed by atoms with Gasteiger partial charge >= 0.3 is 0 Å². The van der Waals surface area contributed by atoms with Gasteiger partial charge in [-0.3, -0.25) is 4.79 Å². The average molecular weight is 258 g/mol. The Morgan fingerprint density at radius 2 is 1.84 bits per heavy atom. The number of carbonyl (C=O) groups is 1. The highest BCUT2D eigenvalue weighted by Crippen LogP contribution is 2.26. The Balaban J connectivity index is 1.70. The van der Waals surface area contributed by atoms with E-state index in [1.165, 1.54) is 18.4 Å². The van der Waals surface area contributed by atoms with E-state index in [0.717, 1.165) is 18.7 Å². The highest BCUT2D eigenvalue weighted by atomic mass is 16.2. The molecule has 1 saturated heterocycles. The second-order valence-corrected chi connectivity index (χ2v) is 6.02. The van der Waals surface area contributed by atoms with Crippen LogP contribution >= 0.6 is 0 Å². The third kappa shape index (κ3) is 2.66. The van der Waals surface area contributed by atoms with E-state index in [-0.39, 0.29) is 11.9 Å². The van der Waals surface area contributed by atoms with Crippen molar-refractivity contribution in [3.05, 3.63) is 29.8 Å². The first kappa shape index (κ1) is 12.7. The molecule has 1 amide bonds. The molecular formula is C16H22N2O. The summed E-state index contributed by atoms with van der Waals surface area (Å²) in [6.07, 6.45) is 3.39. The van der Waals surface area contributed by atoms with Crippen LogP contribution in [0.3, 0.4) is 0 Å². The molecule has 1 heterocycles. The summed E-state index contributed by atoms with van der Waals surface area (Å²) in [5.74, 6) is 0.775. The van der Waals surface area contributed by atoms with Crippen LogP contribution in [0.4, 0.5) is 5.69 Å². The monoisotopic (exact) mass is 258 g/mol. The van der Waals surface area contributed by atoms with E-state index < -0.39 is 0 Å². The fourth-order valence-corrected chi connectivity index (χ4v) is 2.66. The minimum atomic E-state index is 0.0391. The molecule has 3 rings (SSSR count). The molecule has 1 aromatic rings. The van der Waals surface area contributed by atoms with Gasteiger partial charge < -0.3 is 10.2 Å². The van der Waals surface area contributed by atoms with Crippen molar-refractivity contribution in [1.82, 2.24) is 5.32 Å². The zero-order valence-electron chi connectivity index (χ0n) is 11.7. The molecule has 1 aromatic carbocycles. The standard InChI is InChI=1S/C16H22N2O/c1-11(2)12-3-7-14(8-4-12)18-10-9-15(16(18)19)17-13-5-6-13/h3-4,7-8,11,13,15,17H,5-6,9-10H2,1-2H3. The number of benzene rings is 1. The van der Waals surface area contributed by atoms with Gasteiger partial charge in [0, 0.05) is 18.3 Å². The fraction of sp³-hybridized carbons (Fsp3) is 0.562. The second-order valence-electron chi connectivity index (χ2n) is 6.02. The van der Waals surface area contributed by atoms with Crippen molar-refractivity contribution in [1.29, 1.82) is 0 Å². The van der Waals surface area contributed by atoms with Crippen molar-refractivity contribution in [2.24, 2.45) is 0 Å². The lowest BCUT2D eigenvalue weighted by molar-refractivity contribution is -0.118. The Morgan fingerprint density at radius 3 is 2.42 bits per heavy atom. The van der Waals surface area contributed by atoms with Crippen LogP contribution in [0, 0.1) is 0 Å². The van der Waals surface area contributed by atoms with E-state index in [9.17, 15) is 4.79 Å². The van der Waals surface area contributed by atoms with E-state index in [2.05, 4.69) is 43.4 Å². The van der Waals surface area contributed by atoms with Gasteiger partial charge in [0.05, 0.1) is 6.04 Å². The third-order valence-electron chi connectivity index (χ3n) is 4.09. The Hall–Kier alpha value is -1.35. The molecule has 0 aromatic heterocycles. The van der Waals surface area contributed by atoms with Crippen LogP contribution in [0.15, 0.2) is 24.3 Å². The maximum atomic E-state index is 12.4. The maximum absolute atomic E-state index is 12.4. The minimum absolute atomic E-state index is 0.0391. The summed E-state index contributed by atoms with van der Waals surface area (Å²) in [5, 5.41) is 3.44. The van der Waals surface area contributed by atoms with Gasteiger partial charge in [-0.25, -0.2) is 0 Å². The van der Waals surface area contributed by atoms with Crippen molar-refractivity contribution in [3.8, 4) is 0 Å². The summed E-state index contributed by atoms with van der Waals surface area (Å²) >= 11 is 0. The largest absolute Gasteiger partial charge is 0.311 e. The third-order valence-corrected chi connectivity index (χ3v) is 4.09. The predicted molar refractivity (Wildman–Crippen MR) is 77.4 cm³/mol. The average Bonchev–Trinajstić information content (AvgIpc) is 3.15. The van der Waals surface area contributed by atoms with Crippen molar-refractivity contribution >= 4 is 11.6 Å². The molecule has 2 aliphatic rings. The first-order chi connectivity index (χ1) is 9.15. The van der Waals surface area contributed by atoms with Gasteiger partial charge in [-0.15, -0.1) is 0 Å². The van der Waals surface area contributed by atoms with Gasteiger partial charge in [-0.1, -0.05) is 26.0 Å². The first-order valence-electron chi connectivity index (χ1n) is 7.32. The number of hydrogen-bond donors (Lipinski definition) is 1. The molecule has 19 heavy (non-hydrogen) atoms. The normalized spacial score (nSPS) is 23.4. The number of carbonyl (C=O) groups excluding carboxylic acids is 1. The van der Waals surface area contributed by atoms with Crippen molar-refractivity contribution < 1.29 is 4.79 Å². The number of amides is 1. The molecule has 1 aliphatic heterocycles. The van der Waals surface area contributed by atoms with Gasteiger partial charge in [-0.2, -0.15) is 0 Å². The topological polar surface area (TPSA) is 32.3 Å². The van der Waals surface area contributed by atoms with E-state index in [1.807, 2.05) is 4.90 Å². The Labute approximate surface area is 115 Å². The van der Waals surface area contributed by atoms with Crippen LogP contribution in [-0.4, -0.2) is 24.5 Å². The van der Waals surface area contributed by atoms with E-state index in [1.54, 1.807) is 0 Å². The van der Waals surface area contributed by atoms with Crippen LogP contribution < -0.4 is 10.2 Å². The SMILES string of the molecule is CC(C)c1ccc(N2CCC(NC3CC3)C2=O)cc1. The van der Waals surface area contributed by atoms with Crippen molar-refractivity contribution in [2.75, 3.05) is 11.4 Å². The highest BCUT2D eigenvalue weighted by Gasteiger charge is 2.36. The number of hydrogen-bond acceptors (Lipinski definition) is 2. The van der Waals surface area contributed by atoms with Crippen LogP contribution in [0.5, 0.6) is 0 Å². The van der Waals surface area contributed by atoms with Gasteiger partial charge in [0.1, 0.15) is 0 Å². The van der Waals surface area contributed by atoms with Gasteiger partial charge in [0.2, 0.25) is 5.91 Å². The summed E-state index contributed by atoms with van der Waals surface area (Å²) in [6.45, 7) is 5.21. The lowest BCUT2D eigenvalue weighted by atomic mass is 10.0. The molecular weight excluding hydrogens is 236 g/mol. The Bertz CT molecular complexity index is 462. The Morgan fingerprint density at radius 1 is 1.16 bits per heavy atom. The number of rotatable bonds is 4. The van der Waals surface area contributed by atoms with E-state index >= 15 is 0 Å². The van der Waals surface area contributed by atoms with Crippen LogP contribution in [-0.2, 0) is 4.79 Å². The lowest BCUT2D eigenvalue weighted by Gasteiger charge is -2.18. The molecule has 3 heteroatoms. The van der Waals surface area contributed by atoms with Crippen molar-refractivity contribution in [2.45, 2.75) is 51.1 Å². The highest BCUT2D eigenvalue weighted by molar-refractivity contribution is 5.99. The molecule has 102 valence electrons. The van der Waals surface area contributed by atoms with Crippen LogP contribution in [0.25, 0.3) is 0 Å². The summed E-state index contributed by atoms with van der Waals surface area (Å²) in [6, 6.07) is 9.05. The van der Waals surface area contributed by atoms with Gasteiger partial charge in [0.15, 0.2) is 0 Å². The van der Waals surface area contributed by atoms with Gasteiger partial charge in [0.25, 0.3) is 0 Å². The molecule has 0 bridgehead atoms. The zero-order chi connectivity index (χ0) is 13.4. The molecule has 3 nitrogen and oxygen atoms in total. The summed E-state index contributed by atoms with van der Waals surface area (Å²) < 4.78 is 0. The number of nitrogens with zero attached hydrogens (tertiary/aromatic N) is 1. The van der Waals surface area contributed by atoms with Crippen LogP contribution in [0.2, 0.25) is 0 Å². The molecule has 1 unspecified atom stereocenters. The summed E-state index contributed by atoms with van der Waals surface area (Å²) in [4.78, 5) is 14.3. The lowest BCUT2D eigenvalue weighted by Crippen LogP contribution is -2.39. The first-order valence-corrected chi connectivity index (χ1v) is 7.32. The smallest absolute Gasteiger partial charge is 0.244 e. The summed E-state index contributed by atoms with van der Waals surface area (Å²) in [7, 11) is 0. The van der Waals surface area contributed by atoms with E-state index in [4.69, 9.17) is 0 Å². The molecule has 2 fully saturated rings. The molecule has 1 atom stereocenters. The van der Waals surface area contributed by atoms with Crippen molar-refractivity contribution in [3.63, 3.8) is 0 Å². The maximum Gasteiger partial charge on any atom is 0.244 e. The Kier molecular flexibility index (Phi) is 3.31. The van der Waals surface area contributed by atoms with Gasteiger partial charge in [-0.05, 0) is 42.9 Å². The quantitative estimate of drug-likeness (QED) is 0.900. The molecule has 1 aliphatic carbocycles. The second kappa shape index (κ2) is 4.97. The predicted octanol–water partition coefficient (Wildman–Crippen LogP) is 2.67. The summed E-state index contributed by atoms with van der Waals surface area (Å²) in [5.41, 5.74) is 2.36. The molecule has 0 spiro atoms. The fourth-order valence-electron chi connectivity index (χ4n) is 2.66. The van der Waals surface area contributed by atoms with Crippen LogP contribution in [0.1, 0.15) is 44.6 Å².